The number of carbonyl (C=O) groups is 2. The van der Waals surface area contributed by atoms with Crippen molar-refractivity contribution in [2.45, 2.75) is 32.0 Å². The SMILES string of the molecule is COc1cc(-c2nccc(-c3cccc(NC(=O)c4ccc(CNCCO)cn4)c3Cl)c2Cl)ccc1CNC[C@H]1CCC(=O)N1. The summed E-state index contributed by atoms with van der Waals surface area (Å²) in [5.41, 5.74) is 5.13. The second kappa shape index (κ2) is 15.3. The van der Waals surface area contributed by atoms with Crippen molar-refractivity contribution in [2.24, 2.45) is 0 Å². The summed E-state index contributed by atoms with van der Waals surface area (Å²) in [5.74, 6) is 0.376. The maximum atomic E-state index is 13.0. The van der Waals surface area contributed by atoms with Gasteiger partial charge in [0.2, 0.25) is 5.91 Å². The van der Waals surface area contributed by atoms with Gasteiger partial charge in [0.25, 0.3) is 5.91 Å². The highest BCUT2D eigenvalue weighted by atomic mass is 35.5. The number of aromatic nitrogens is 2. The van der Waals surface area contributed by atoms with Gasteiger partial charge < -0.3 is 31.1 Å². The van der Waals surface area contributed by atoms with Crippen LogP contribution in [0.3, 0.4) is 0 Å². The smallest absolute Gasteiger partial charge is 0.274 e. The van der Waals surface area contributed by atoms with Gasteiger partial charge in [-0.15, -0.1) is 0 Å². The Kier molecular flexibility index (Phi) is 11.0. The topological polar surface area (TPSA) is 138 Å². The van der Waals surface area contributed by atoms with E-state index < -0.39 is 5.91 Å². The highest BCUT2D eigenvalue weighted by molar-refractivity contribution is 6.39. The molecule has 234 valence electrons. The molecule has 2 aromatic carbocycles. The number of pyridine rings is 2. The van der Waals surface area contributed by atoms with Crippen LogP contribution >= 0.6 is 23.2 Å². The van der Waals surface area contributed by atoms with Gasteiger partial charge in [-0.3, -0.25) is 19.6 Å². The molecule has 0 bridgehead atoms. The van der Waals surface area contributed by atoms with Crippen molar-refractivity contribution >= 4 is 40.7 Å². The Morgan fingerprint density at radius 2 is 1.89 bits per heavy atom. The summed E-state index contributed by atoms with van der Waals surface area (Å²) in [6.45, 7) is 2.31. The van der Waals surface area contributed by atoms with E-state index in [1.807, 2.05) is 24.3 Å². The quantitative estimate of drug-likeness (QED) is 0.130. The van der Waals surface area contributed by atoms with Gasteiger partial charge in [-0.05, 0) is 36.2 Å². The third kappa shape index (κ3) is 7.97. The van der Waals surface area contributed by atoms with Crippen LogP contribution in [0.25, 0.3) is 22.4 Å². The molecule has 5 rings (SSSR count). The van der Waals surface area contributed by atoms with E-state index in [1.54, 1.807) is 49.8 Å². The molecule has 3 heterocycles. The molecule has 0 saturated carbocycles. The minimum Gasteiger partial charge on any atom is -0.496 e. The number of aliphatic hydroxyl groups excluding tert-OH is 1. The lowest BCUT2D eigenvalue weighted by Gasteiger charge is -2.16. The monoisotopic (exact) mass is 648 g/mol. The van der Waals surface area contributed by atoms with Gasteiger partial charge in [-0.2, -0.15) is 0 Å². The number of hydrogen-bond acceptors (Lipinski definition) is 8. The maximum Gasteiger partial charge on any atom is 0.274 e. The number of nitrogens with one attached hydrogen (secondary N) is 4. The number of methoxy groups -OCH3 is 1. The zero-order chi connectivity index (χ0) is 31.8. The zero-order valence-electron chi connectivity index (χ0n) is 24.7. The fourth-order valence-corrected chi connectivity index (χ4v) is 5.70. The van der Waals surface area contributed by atoms with Crippen molar-refractivity contribution < 1.29 is 19.4 Å². The number of benzene rings is 2. The second-order valence-corrected chi connectivity index (χ2v) is 11.3. The predicted molar refractivity (Wildman–Crippen MR) is 176 cm³/mol. The molecule has 45 heavy (non-hydrogen) atoms. The molecular formula is C33H34Cl2N6O4. The summed E-state index contributed by atoms with van der Waals surface area (Å²) in [4.78, 5) is 33.3. The molecule has 1 fully saturated rings. The van der Waals surface area contributed by atoms with E-state index in [4.69, 9.17) is 33.0 Å². The summed E-state index contributed by atoms with van der Waals surface area (Å²) < 4.78 is 5.68. The number of nitrogens with zero attached hydrogens (tertiary/aromatic N) is 2. The first-order valence-corrected chi connectivity index (χ1v) is 15.3. The fraction of sp³-hybridized carbons (Fsp3) is 0.273. The van der Waals surface area contributed by atoms with Gasteiger partial charge in [-0.1, -0.05) is 53.5 Å². The summed E-state index contributed by atoms with van der Waals surface area (Å²) in [7, 11) is 1.62. The largest absolute Gasteiger partial charge is 0.496 e. The average Bonchev–Trinajstić information content (AvgIpc) is 3.47. The van der Waals surface area contributed by atoms with Crippen molar-refractivity contribution in [1.82, 2.24) is 25.9 Å². The van der Waals surface area contributed by atoms with E-state index in [0.29, 0.717) is 70.9 Å². The summed E-state index contributed by atoms with van der Waals surface area (Å²) >= 11 is 13.8. The van der Waals surface area contributed by atoms with E-state index in [9.17, 15) is 9.59 Å². The van der Waals surface area contributed by atoms with E-state index in [0.717, 1.165) is 23.1 Å². The van der Waals surface area contributed by atoms with Crippen molar-refractivity contribution in [3.8, 4) is 28.1 Å². The average molecular weight is 650 g/mol. The van der Waals surface area contributed by atoms with Crippen LogP contribution in [0.2, 0.25) is 10.0 Å². The van der Waals surface area contributed by atoms with Crippen LogP contribution in [0.4, 0.5) is 5.69 Å². The van der Waals surface area contributed by atoms with Crippen LogP contribution in [0.5, 0.6) is 5.75 Å². The standard InChI is InChI=1S/C33H34Cl2N6O4/c1-45-28-15-21(6-7-22(28)18-37-19-23-8-10-29(43)40-23)32-31(35)25(11-12-38-32)24-3-2-4-26(30(24)34)41-33(44)27-9-5-20(17-39-27)16-36-13-14-42/h2-7,9,11-12,15,17,23,36-37,42H,8,10,13-14,16,18-19H2,1H3,(H,40,43)(H,41,44)/t23-/m1/s1. The van der Waals surface area contributed by atoms with Gasteiger partial charge >= 0.3 is 0 Å². The maximum absolute atomic E-state index is 13.0. The molecule has 1 aliphatic rings. The Morgan fingerprint density at radius 3 is 2.62 bits per heavy atom. The third-order valence-electron chi connectivity index (χ3n) is 7.45. The molecule has 1 saturated heterocycles. The number of rotatable bonds is 13. The molecular weight excluding hydrogens is 615 g/mol. The Morgan fingerprint density at radius 1 is 1.04 bits per heavy atom. The normalized spacial score (nSPS) is 14.3. The minimum absolute atomic E-state index is 0.0460. The number of hydrogen-bond donors (Lipinski definition) is 5. The number of anilines is 1. The predicted octanol–water partition coefficient (Wildman–Crippen LogP) is 4.83. The summed E-state index contributed by atoms with van der Waals surface area (Å²) in [6.07, 6.45) is 4.68. The third-order valence-corrected chi connectivity index (χ3v) is 8.24. The molecule has 12 heteroatoms. The molecule has 10 nitrogen and oxygen atoms in total. The lowest BCUT2D eigenvalue weighted by Crippen LogP contribution is -2.35. The zero-order valence-corrected chi connectivity index (χ0v) is 26.2. The van der Waals surface area contributed by atoms with Gasteiger partial charge in [0.05, 0.1) is 35.1 Å². The van der Waals surface area contributed by atoms with Crippen LogP contribution in [-0.2, 0) is 17.9 Å². The first-order chi connectivity index (χ1) is 21.9. The van der Waals surface area contributed by atoms with Crippen molar-refractivity contribution in [3.05, 3.63) is 93.9 Å². The van der Waals surface area contributed by atoms with Crippen molar-refractivity contribution in [2.75, 3.05) is 32.1 Å². The van der Waals surface area contributed by atoms with Crippen molar-refractivity contribution in [3.63, 3.8) is 0 Å². The first-order valence-electron chi connectivity index (χ1n) is 14.6. The lowest BCUT2D eigenvalue weighted by molar-refractivity contribution is -0.119. The second-order valence-electron chi connectivity index (χ2n) is 10.6. The highest BCUT2D eigenvalue weighted by Gasteiger charge is 2.21. The molecule has 1 atom stereocenters. The summed E-state index contributed by atoms with van der Waals surface area (Å²) in [6, 6.07) is 16.5. The number of amides is 2. The highest BCUT2D eigenvalue weighted by Crippen LogP contribution is 2.41. The minimum atomic E-state index is -0.403. The van der Waals surface area contributed by atoms with Gasteiger partial charge in [-0.25, -0.2) is 0 Å². The fourth-order valence-electron chi connectivity index (χ4n) is 5.10. The van der Waals surface area contributed by atoms with Gasteiger partial charge in [0.15, 0.2) is 0 Å². The van der Waals surface area contributed by atoms with Crippen LogP contribution < -0.4 is 26.0 Å². The Hall–Kier alpha value is -4.06. The molecule has 4 aromatic rings. The number of carbonyl (C=O) groups excluding carboxylic acids is 2. The Labute approximate surface area is 271 Å². The molecule has 5 N–H and O–H groups in total. The van der Waals surface area contributed by atoms with Gasteiger partial charge in [0.1, 0.15) is 11.4 Å². The molecule has 0 unspecified atom stereocenters. The van der Waals surface area contributed by atoms with E-state index in [-0.39, 0.29) is 24.2 Å². The van der Waals surface area contributed by atoms with E-state index in [2.05, 4.69) is 31.2 Å². The molecule has 0 aliphatic carbocycles. The first kappa shape index (κ1) is 32.3. The molecule has 2 amide bonds. The van der Waals surface area contributed by atoms with Gasteiger partial charge in [0, 0.05) is 73.3 Å². The number of ether oxygens (including phenoxy) is 1. The van der Waals surface area contributed by atoms with Crippen molar-refractivity contribution in [1.29, 1.82) is 0 Å². The Bertz CT molecular complexity index is 1670. The molecule has 2 aromatic heterocycles. The number of halogens is 2. The molecule has 0 radical (unpaired) electrons. The summed E-state index contributed by atoms with van der Waals surface area (Å²) in [5, 5.41) is 21.9. The Balaban J connectivity index is 1.32. The van der Waals surface area contributed by atoms with Crippen LogP contribution in [0.1, 0.15) is 34.5 Å². The molecule has 0 spiro atoms. The lowest BCUT2D eigenvalue weighted by atomic mass is 10.0. The van der Waals surface area contributed by atoms with E-state index >= 15 is 0 Å². The molecule has 1 aliphatic heterocycles. The van der Waals surface area contributed by atoms with E-state index in [1.165, 1.54) is 0 Å². The van der Waals surface area contributed by atoms with Crippen LogP contribution in [-0.4, -0.2) is 59.7 Å². The number of aliphatic hydroxyl groups is 1. The van der Waals surface area contributed by atoms with Crippen LogP contribution in [0.15, 0.2) is 67.0 Å². The van der Waals surface area contributed by atoms with Crippen LogP contribution in [0, 0.1) is 0 Å².